The summed E-state index contributed by atoms with van der Waals surface area (Å²) in [6.45, 7) is 1.97. The van der Waals surface area contributed by atoms with Crippen LogP contribution in [0.5, 0.6) is 0 Å². The highest BCUT2D eigenvalue weighted by Crippen LogP contribution is 1.97. The Morgan fingerprint density at radius 1 is 1.78 bits per heavy atom. The van der Waals surface area contributed by atoms with Crippen molar-refractivity contribution in [2.75, 3.05) is 14.2 Å². The Labute approximate surface area is 55.6 Å². The lowest BCUT2D eigenvalue weighted by atomic mass is 10.4. The zero-order chi connectivity index (χ0) is 7.28. The Morgan fingerprint density at radius 3 is 2.44 bits per heavy atom. The molecule has 0 aromatic carbocycles. The highest BCUT2D eigenvalue weighted by Gasteiger charge is 2.06. The molecule has 0 spiro atoms. The lowest BCUT2D eigenvalue weighted by Crippen LogP contribution is -2.31. The predicted octanol–water partition coefficient (Wildman–Crippen LogP) is 0.457. The molecule has 0 saturated carbocycles. The Morgan fingerprint density at radius 2 is 2.33 bits per heavy atom. The molecule has 1 atom stereocenters. The molecular formula is C6H13NO2. The Bertz CT molecular complexity index is 81.1. The minimum Gasteiger partial charge on any atom is -0.362 e. The summed E-state index contributed by atoms with van der Waals surface area (Å²) in [5, 5.41) is 0. The van der Waals surface area contributed by atoms with Crippen molar-refractivity contribution in [3.63, 3.8) is 0 Å². The van der Waals surface area contributed by atoms with Gasteiger partial charge in [0.15, 0.2) is 0 Å². The summed E-state index contributed by atoms with van der Waals surface area (Å²) in [7, 11) is 3.29. The third kappa shape index (κ3) is 2.46. The van der Waals surface area contributed by atoms with Crippen LogP contribution in [0, 0.1) is 0 Å². The fourth-order valence-corrected chi connectivity index (χ4v) is 0.689. The van der Waals surface area contributed by atoms with Crippen LogP contribution in [-0.4, -0.2) is 31.7 Å². The molecule has 0 aromatic heterocycles. The fraction of sp³-hybridized carbons (Fsp3) is 0.833. The van der Waals surface area contributed by atoms with Gasteiger partial charge in [0.25, 0.3) is 0 Å². The van der Waals surface area contributed by atoms with Crippen LogP contribution in [-0.2, 0) is 9.53 Å². The second kappa shape index (κ2) is 4.32. The third-order valence-electron chi connectivity index (χ3n) is 1.24. The van der Waals surface area contributed by atoms with Gasteiger partial charge in [-0.1, -0.05) is 6.92 Å². The molecule has 0 aliphatic carbocycles. The monoisotopic (exact) mass is 131 g/mol. The molecule has 54 valence electrons. The minimum absolute atomic E-state index is 0.0671. The first kappa shape index (κ1) is 8.43. The van der Waals surface area contributed by atoms with Gasteiger partial charge in [-0.3, -0.25) is 4.79 Å². The number of carbonyl (C=O) groups excluding carboxylic acids is 1. The predicted molar refractivity (Wildman–Crippen MR) is 34.9 cm³/mol. The summed E-state index contributed by atoms with van der Waals surface area (Å²) in [4.78, 5) is 11.6. The molecule has 9 heavy (non-hydrogen) atoms. The van der Waals surface area contributed by atoms with E-state index in [2.05, 4.69) is 0 Å². The highest BCUT2D eigenvalue weighted by molar-refractivity contribution is 5.46. The molecule has 0 rings (SSSR count). The van der Waals surface area contributed by atoms with E-state index in [0.717, 1.165) is 12.8 Å². The topological polar surface area (TPSA) is 29.5 Å². The zero-order valence-corrected chi connectivity index (χ0v) is 6.13. The number of carbonyl (C=O) groups is 1. The maximum Gasteiger partial charge on any atom is 0.211 e. The molecule has 0 fully saturated rings. The standard InChI is InChI=1S/C6H13NO2/c1-4-6(9-3)7(2)5-8/h5-6H,4H2,1-3H3. The van der Waals surface area contributed by atoms with Crippen LogP contribution in [0.3, 0.4) is 0 Å². The highest BCUT2D eigenvalue weighted by atomic mass is 16.5. The van der Waals surface area contributed by atoms with Crippen LogP contribution in [0.15, 0.2) is 0 Å². The summed E-state index contributed by atoms with van der Waals surface area (Å²) >= 11 is 0. The van der Waals surface area contributed by atoms with Gasteiger partial charge >= 0.3 is 0 Å². The van der Waals surface area contributed by atoms with Gasteiger partial charge in [-0.2, -0.15) is 0 Å². The van der Waals surface area contributed by atoms with E-state index in [-0.39, 0.29) is 6.23 Å². The first-order valence-electron chi connectivity index (χ1n) is 2.96. The van der Waals surface area contributed by atoms with E-state index >= 15 is 0 Å². The molecule has 0 aliphatic rings. The van der Waals surface area contributed by atoms with E-state index in [1.54, 1.807) is 14.2 Å². The molecule has 1 amide bonds. The van der Waals surface area contributed by atoms with E-state index in [9.17, 15) is 4.79 Å². The van der Waals surface area contributed by atoms with Crippen molar-refractivity contribution in [3.8, 4) is 0 Å². The second-order valence-corrected chi connectivity index (χ2v) is 1.87. The van der Waals surface area contributed by atoms with Crippen molar-refractivity contribution in [2.24, 2.45) is 0 Å². The molecule has 1 unspecified atom stereocenters. The van der Waals surface area contributed by atoms with Crippen LogP contribution in [0.25, 0.3) is 0 Å². The third-order valence-corrected chi connectivity index (χ3v) is 1.24. The molecule has 0 saturated heterocycles. The van der Waals surface area contributed by atoms with Gasteiger partial charge in [-0.25, -0.2) is 0 Å². The van der Waals surface area contributed by atoms with E-state index in [1.165, 1.54) is 4.90 Å². The van der Waals surface area contributed by atoms with Crippen molar-refractivity contribution >= 4 is 6.41 Å². The normalized spacial score (nSPS) is 12.8. The lowest BCUT2D eigenvalue weighted by Gasteiger charge is -2.20. The van der Waals surface area contributed by atoms with Crippen LogP contribution in [0.1, 0.15) is 13.3 Å². The van der Waals surface area contributed by atoms with Gasteiger partial charge in [-0.05, 0) is 6.42 Å². The Kier molecular flexibility index (Phi) is 4.05. The summed E-state index contributed by atoms with van der Waals surface area (Å²) < 4.78 is 4.95. The van der Waals surface area contributed by atoms with Crippen molar-refractivity contribution in [1.29, 1.82) is 0 Å². The Balaban J connectivity index is 3.63. The molecule has 3 heteroatoms. The number of ether oxygens (including phenoxy) is 1. The average molecular weight is 131 g/mol. The van der Waals surface area contributed by atoms with Crippen molar-refractivity contribution in [1.82, 2.24) is 4.90 Å². The zero-order valence-electron chi connectivity index (χ0n) is 6.13. The maximum atomic E-state index is 10.1. The molecular weight excluding hydrogens is 118 g/mol. The minimum atomic E-state index is -0.0671. The molecule has 0 aliphatic heterocycles. The van der Waals surface area contributed by atoms with Gasteiger partial charge in [0.05, 0.1) is 0 Å². The van der Waals surface area contributed by atoms with Crippen LogP contribution in [0.2, 0.25) is 0 Å². The summed E-state index contributed by atoms with van der Waals surface area (Å²) in [5.74, 6) is 0. The van der Waals surface area contributed by atoms with Gasteiger partial charge in [0.2, 0.25) is 6.41 Å². The lowest BCUT2D eigenvalue weighted by molar-refractivity contribution is -0.127. The number of rotatable bonds is 4. The van der Waals surface area contributed by atoms with Crippen LogP contribution >= 0.6 is 0 Å². The van der Waals surface area contributed by atoms with Crippen molar-refractivity contribution < 1.29 is 9.53 Å². The maximum absolute atomic E-state index is 10.1. The number of hydrogen-bond donors (Lipinski definition) is 0. The van der Waals surface area contributed by atoms with Crippen LogP contribution in [0.4, 0.5) is 0 Å². The van der Waals surface area contributed by atoms with Crippen LogP contribution < -0.4 is 0 Å². The average Bonchev–Trinajstić information content (AvgIpc) is 1.90. The summed E-state index contributed by atoms with van der Waals surface area (Å²) in [5.41, 5.74) is 0. The van der Waals surface area contributed by atoms with Gasteiger partial charge in [0, 0.05) is 14.2 Å². The fourth-order valence-electron chi connectivity index (χ4n) is 0.689. The Hall–Kier alpha value is -0.570. The number of hydrogen-bond acceptors (Lipinski definition) is 2. The molecule has 0 bridgehead atoms. The summed E-state index contributed by atoms with van der Waals surface area (Å²) in [6.07, 6.45) is 1.52. The van der Waals surface area contributed by atoms with Gasteiger partial charge in [-0.15, -0.1) is 0 Å². The molecule has 0 aromatic rings. The van der Waals surface area contributed by atoms with E-state index in [0.29, 0.717) is 0 Å². The smallest absolute Gasteiger partial charge is 0.211 e. The molecule has 0 N–H and O–H groups in total. The number of methoxy groups -OCH3 is 1. The van der Waals surface area contributed by atoms with Crippen molar-refractivity contribution in [3.05, 3.63) is 0 Å². The first-order chi connectivity index (χ1) is 4.26. The molecule has 0 heterocycles. The number of nitrogens with zero attached hydrogens (tertiary/aromatic N) is 1. The van der Waals surface area contributed by atoms with E-state index in [1.807, 2.05) is 6.92 Å². The van der Waals surface area contributed by atoms with E-state index < -0.39 is 0 Å². The largest absolute Gasteiger partial charge is 0.362 e. The second-order valence-electron chi connectivity index (χ2n) is 1.87. The summed E-state index contributed by atoms with van der Waals surface area (Å²) in [6, 6.07) is 0. The molecule has 3 nitrogen and oxygen atoms in total. The van der Waals surface area contributed by atoms with Crippen molar-refractivity contribution in [2.45, 2.75) is 19.6 Å². The van der Waals surface area contributed by atoms with E-state index in [4.69, 9.17) is 4.74 Å². The first-order valence-corrected chi connectivity index (χ1v) is 2.96. The number of amides is 1. The van der Waals surface area contributed by atoms with Gasteiger partial charge < -0.3 is 9.64 Å². The van der Waals surface area contributed by atoms with Gasteiger partial charge in [0.1, 0.15) is 6.23 Å². The quantitative estimate of drug-likeness (QED) is 0.409. The molecule has 0 radical (unpaired) electrons. The SMILES string of the molecule is CCC(OC)N(C)C=O.